The molecule has 0 bridgehead atoms. The summed E-state index contributed by atoms with van der Waals surface area (Å²) in [6.07, 6.45) is 6.58. The van der Waals surface area contributed by atoms with Gasteiger partial charge in [-0.3, -0.25) is 0 Å². The predicted octanol–water partition coefficient (Wildman–Crippen LogP) is 2.62. The van der Waals surface area contributed by atoms with Crippen molar-refractivity contribution in [1.82, 2.24) is 4.90 Å². The predicted molar refractivity (Wildman–Crippen MR) is 84.6 cm³/mol. The minimum atomic E-state index is -0.524. The molecule has 0 aromatic heterocycles. The number of hydrogen-bond donors (Lipinski definition) is 2. The second-order valence-corrected chi connectivity index (χ2v) is 7.91. The lowest BCUT2D eigenvalue weighted by Gasteiger charge is -2.54. The Hall–Kier alpha value is -0.120. The fourth-order valence-corrected chi connectivity index (χ4v) is 4.61. The van der Waals surface area contributed by atoms with Gasteiger partial charge < -0.3 is 15.7 Å². The van der Waals surface area contributed by atoms with Crippen molar-refractivity contribution in [3.63, 3.8) is 0 Å². The van der Waals surface area contributed by atoms with E-state index in [4.69, 9.17) is 5.73 Å². The van der Waals surface area contributed by atoms with Gasteiger partial charge in [0.1, 0.15) is 0 Å². The first-order valence-corrected chi connectivity index (χ1v) is 8.56. The summed E-state index contributed by atoms with van der Waals surface area (Å²) in [5.41, 5.74) is 5.62. The van der Waals surface area contributed by atoms with Gasteiger partial charge in [0.05, 0.1) is 5.60 Å². The molecule has 0 aromatic carbocycles. The maximum absolute atomic E-state index is 11.3. The van der Waals surface area contributed by atoms with Crippen molar-refractivity contribution in [3.8, 4) is 0 Å². The molecule has 1 saturated heterocycles. The minimum Gasteiger partial charge on any atom is -0.389 e. The summed E-state index contributed by atoms with van der Waals surface area (Å²) in [6.45, 7) is 10.7. The van der Waals surface area contributed by atoms with Crippen molar-refractivity contribution in [3.05, 3.63) is 0 Å². The molecule has 1 heterocycles. The normalized spacial score (nSPS) is 35.4. The van der Waals surface area contributed by atoms with Crippen LogP contribution in [0, 0.1) is 17.3 Å². The first-order valence-electron chi connectivity index (χ1n) is 8.56. The molecule has 1 aliphatic heterocycles. The fraction of sp³-hybridized carbons (Fsp3) is 1.00. The molecule has 3 nitrogen and oxygen atoms in total. The Kier molecular flexibility index (Phi) is 5.14. The topological polar surface area (TPSA) is 49.5 Å². The maximum atomic E-state index is 11.3. The van der Waals surface area contributed by atoms with Crippen LogP contribution in [0.5, 0.6) is 0 Å². The Labute approximate surface area is 124 Å². The molecule has 2 rings (SSSR count). The van der Waals surface area contributed by atoms with Crippen LogP contribution in [0.15, 0.2) is 0 Å². The van der Waals surface area contributed by atoms with Crippen LogP contribution in [0.2, 0.25) is 0 Å². The van der Waals surface area contributed by atoms with E-state index in [2.05, 4.69) is 25.7 Å². The number of nitrogens with zero attached hydrogens (tertiary/aromatic N) is 1. The number of piperidine rings is 1. The Morgan fingerprint density at radius 3 is 2.40 bits per heavy atom. The average Bonchev–Trinajstić information content (AvgIpc) is 2.41. The van der Waals surface area contributed by atoms with E-state index in [0.29, 0.717) is 18.4 Å². The summed E-state index contributed by atoms with van der Waals surface area (Å²) in [5.74, 6) is 1.42. The monoisotopic (exact) mass is 282 g/mol. The summed E-state index contributed by atoms with van der Waals surface area (Å²) in [7, 11) is 0. The van der Waals surface area contributed by atoms with E-state index in [1.54, 1.807) is 0 Å². The van der Waals surface area contributed by atoms with E-state index in [9.17, 15) is 5.11 Å². The van der Waals surface area contributed by atoms with E-state index >= 15 is 0 Å². The molecule has 20 heavy (non-hydrogen) atoms. The van der Waals surface area contributed by atoms with Gasteiger partial charge in [-0.05, 0) is 37.5 Å². The standard InChI is InChI=1S/C17H34N2O/c1-14(2)12-19-9-7-17(20,8-10-19)16(13-18)6-4-5-15(3)11-16/h14-15,20H,4-13,18H2,1-3H3. The highest BCUT2D eigenvalue weighted by Crippen LogP contribution is 2.50. The van der Waals surface area contributed by atoms with Gasteiger partial charge in [-0.2, -0.15) is 0 Å². The van der Waals surface area contributed by atoms with Crippen molar-refractivity contribution >= 4 is 0 Å². The summed E-state index contributed by atoms with van der Waals surface area (Å²) in [4.78, 5) is 2.51. The zero-order chi connectivity index (χ0) is 14.8. The third-order valence-corrected chi connectivity index (χ3v) is 5.78. The van der Waals surface area contributed by atoms with E-state index in [1.807, 2.05) is 0 Å². The average molecular weight is 282 g/mol. The van der Waals surface area contributed by atoms with E-state index in [0.717, 1.165) is 45.3 Å². The highest BCUT2D eigenvalue weighted by atomic mass is 16.3. The highest BCUT2D eigenvalue weighted by molar-refractivity contribution is 5.04. The van der Waals surface area contributed by atoms with Gasteiger partial charge in [-0.15, -0.1) is 0 Å². The number of rotatable bonds is 4. The Balaban J connectivity index is 2.03. The molecule has 2 unspecified atom stereocenters. The van der Waals surface area contributed by atoms with Crippen LogP contribution in [0.1, 0.15) is 59.3 Å². The van der Waals surface area contributed by atoms with Gasteiger partial charge in [-0.1, -0.05) is 33.6 Å². The lowest BCUT2D eigenvalue weighted by molar-refractivity contribution is -0.139. The Bertz CT molecular complexity index is 310. The zero-order valence-electron chi connectivity index (χ0n) is 13.7. The molecule has 1 aliphatic carbocycles. The molecule has 2 aliphatic rings. The van der Waals surface area contributed by atoms with Crippen molar-refractivity contribution in [1.29, 1.82) is 0 Å². The van der Waals surface area contributed by atoms with Crippen LogP contribution < -0.4 is 5.73 Å². The van der Waals surface area contributed by atoms with Crippen LogP contribution in [-0.4, -0.2) is 41.8 Å². The van der Waals surface area contributed by atoms with Crippen LogP contribution >= 0.6 is 0 Å². The quantitative estimate of drug-likeness (QED) is 0.833. The SMILES string of the molecule is CC(C)CN1CCC(O)(C2(CN)CCCC(C)C2)CC1. The molecule has 3 N–H and O–H groups in total. The molecule has 118 valence electrons. The molecule has 0 aromatic rings. The van der Waals surface area contributed by atoms with Crippen molar-refractivity contribution in [2.24, 2.45) is 23.0 Å². The number of hydrogen-bond acceptors (Lipinski definition) is 3. The third-order valence-electron chi connectivity index (χ3n) is 5.78. The first kappa shape index (κ1) is 16.3. The molecule has 0 spiro atoms. The smallest absolute Gasteiger partial charge is 0.0740 e. The van der Waals surface area contributed by atoms with Gasteiger partial charge in [-0.25, -0.2) is 0 Å². The van der Waals surface area contributed by atoms with Crippen LogP contribution in [0.4, 0.5) is 0 Å². The Morgan fingerprint density at radius 2 is 1.90 bits per heavy atom. The van der Waals surface area contributed by atoms with Crippen LogP contribution in [0.25, 0.3) is 0 Å². The molecular weight excluding hydrogens is 248 g/mol. The lowest BCUT2D eigenvalue weighted by Crippen LogP contribution is -2.59. The van der Waals surface area contributed by atoms with Gasteiger partial charge in [0, 0.05) is 31.6 Å². The summed E-state index contributed by atoms with van der Waals surface area (Å²) in [5, 5.41) is 11.3. The van der Waals surface area contributed by atoms with Gasteiger partial charge in [0.25, 0.3) is 0 Å². The largest absolute Gasteiger partial charge is 0.389 e. The Morgan fingerprint density at radius 1 is 1.25 bits per heavy atom. The molecule has 0 amide bonds. The van der Waals surface area contributed by atoms with Crippen LogP contribution in [0.3, 0.4) is 0 Å². The minimum absolute atomic E-state index is 0.0193. The molecule has 2 atom stereocenters. The van der Waals surface area contributed by atoms with Crippen molar-refractivity contribution < 1.29 is 5.11 Å². The number of aliphatic hydroxyl groups is 1. The molecule has 2 fully saturated rings. The third kappa shape index (κ3) is 3.20. The lowest BCUT2D eigenvalue weighted by atomic mass is 9.58. The summed E-state index contributed by atoms with van der Waals surface area (Å²) < 4.78 is 0. The molecular formula is C17H34N2O. The fourth-order valence-electron chi connectivity index (χ4n) is 4.61. The second-order valence-electron chi connectivity index (χ2n) is 7.91. The van der Waals surface area contributed by atoms with E-state index < -0.39 is 5.60 Å². The van der Waals surface area contributed by atoms with Gasteiger partial charge in [0.2, 0.25) is 0 Å². The number of nitrogens with two attached hydrogens (primary N) is 1. The second kappa shape index (κ2) is 6.33. The summed E-state index contributed by atoms with van der Waals surface area (Å²) >= 11 is 0. The van der Waals surface area contributed by atoms with E-state index in [-0.39, 0.29) is 5.41 Å². The van der Waals surface area contributed by atoms with Gasteiger partial charge in [0.15, 0.2) is 0 Å². The molecule has 0 radical (unpaired) electrons. The number of likely N-dealkylation sites (tertiary alicyclic amines) is 1. The summed E-state index contributed by atoms with van der Waals surface area (Å²) in [6, 6.07) is 0. The van der Waals surface area contributed by atoms with Gasteiger partial charge >= 0.3 is 0 Å². The van der Waals surface area contributed by atoms with E-state index in [1.165, 1.54) is 12.8 Å². The molecule has 1 saturated carbocycles. The van der Waals surface area contributed by atoms with Crippen LogP contribution in [-0.2, 0) is 0 Å². The zero-order valence-corrected chi connectivity index (χ0v) is 13.7. The highest BCUT2D eigenvalue weighted by Gasteiger charge is 2.51. The van der Waals surface area contributed by atoms with Crippen molar-refractivity contribution in [2.45, 2.75) is 64.9 Å². The first-order chi connectivity index (χ1) is 9.41. The van der Waals surface area contributed by atoms with Crippen molar-refractivity contribution in [2.75, 3.05) is 26.2 Å². The maximum Gasteiger partial charge on any atom is 0.0740 e. The molecule has 3 heteroatoms.